The number of esters is 2. The van der Waals surface area contributed by atoms with E-state index in [1.165, 1.54) is 205 Å². The van der Waals surface area contributed by atoms with Crippen molar-refractivity contribution >= 4 is 19.8 Å². The Balaban J connectivity index is 3.93. The van der Waals surface area contributed by atoms with Gasteiger partial charge in [-0.15, -0.1) is 0 Å². The minimum Gasteiger partial charge on any atom is -0.462 e. The van der Waals surface area contributed by atoms with Crippen molar-refractivity contribution in [2.24, 2.45) is 0 Å². The highest BCUT2D eigenvalue weighted by atomic mass is 31.2. The molecule has 0 heterocycles. The van der Waals surface area contributed by atoms with Gasteiger partial charge in [-0.05, 0) is 77.0 Å². The first-order chi connectivity index (χ1) is 38.0. The van der Waals surface area contributed by atoms with Gasteiger partial charge in [-0.1, -0.05) is 280 Å². The first-order valence-corrected chi connectivity index (χ1v) is 34.5. The molecule has 2 atom stereocenters. The Labute approximate surface area is 483 Å². The van der Waals surface area contributed by atoms with E-state index in [-0.39, 0.29) is 32.0 Å². The maximum atomic E-state index is 12.8. The van der Waals surface area contributed by atoms with Crippen LogP contribution in [0.25, 0.3) is 0 Å². The third-order valence-electron chi connectivity index (χ3n) is 14.5. The van der Waals surface area contributed by atoms with Gasteiger partial charge in [-0.25, -0.2) is 4.57 Å². The lowest BCUT2D eigenvalue weighted by Crippen LogP contribution is -2.37. The summed E-state index contributed by atoms with van der Waals surface area (Å²) in [7, 11) is 1.46. The Kier molecular flexibility index (Phi) is 57.6. The number of ether oxygens (including phenoxy) is 2. The molecule has 0 aliphatic heterocycles. The van der Waals surface area contributed by atoms with Gasteiger partial charge >= 0.3 is 19.8 Å². The number of quaternary nitrogens is 1. The fraction of sp³-hybridized carbons (Fsp3) is 0.824. The number of unbranched alkanes of at least 4 members (excludes halogenated alkanes) is 37. The molecule has 9 nitrogen and oxygen atoms in total. The summed E-state index contributed by atoms with van der Waals surface area (Å²) in [6.45, 7) is 4.32. The van der Waals surface area contributed by atoms with Crippen LogP contribution in [0, 0.1) is 0 Å². The average Bonchev–Trinajstić information content (AvgIpc) is 3.40. The van der Waals surface area contributed by atoms with Crippen molar-refractivity contribution in [3.8, 4) is 0 Å². The third-order valence-corrected chi connectivity index (χ3v) is 15.5. The second-order valence-electron chi connectivity index (χ2n) is 23.5. The zero-order valence-electron chi connectivity index (χ0n) is 51.9. The van der Waals surface area contributed by atoms with Crippen molar-refractivity contribution in [3.05, 3.63) is 60.8 Å². The lowest BCUT2D eigenvalue weighted by molar-refractivity contribution is -0.870. The standard InChI is InChI=1S/C68H126NO8P/c1-6-8-10-12-14-16-18-20-22-24-25-26-27-28-29-30-31-32-33-34-35-36-37-38-39-40-41-42-43-45-46-48-50-52-54-56-58-60-67(70)74-64-66(65-76-78(72,73)75-63-62-69(3,4)5)77-68(71)61-59-57-55-53-51-49-47-44-23-21-19-17-15-13-11-9-7-2/h9,11,15,17,21,23-25,47,49,66H,6-8,10,12-14,16,18-20,22,26-46,48,50-65H2,1-5H3/p+1/b11-9-,17-15-,23-21-,25-24-,49-47-. The van der Waals surface area contributed by atoms with E-state index >= 15 is 0 Å². The van der Waals surface area contributed by atoms with Crippen LogP contribution in [0.4, 0.5) is 0 Å². The van der Waals surface area contributed by atoms with E-state index < -0.39 is 26.5 Å². The molecule has 0 spiro atoms. The number of phosphoric acid groups is 1. The molecule has 0 fully saturated rings. The molecule has 1 N–H and O–H groups in total. The summed E-state index contributed by atoms with van der Waals surface area (Å²) in [5.41, 5.74) is 0. The molecule has 0 aliphatic carbocycles. The summed E-state index contributed by atoms with van der Waals surface area (Å²) in [6, 6.07) is 0. The highest BCUT2D eigenvalue weighted by Gasteiger charge is 2.27. The lowest BCUT2D eigenvalue weighted by atomic mass is 10.0. The fourth-order valence-electron chi connectivity index (χ4n) is 9.48. The molecule has 0 saturated heterocycles. The Morgan fingerprint density at radius 3 is 1.10 bits per heavy atom. The minimum absolute atomic E-state index is 0.0259. The maximum absolute atomic E-state index is 12.8. The summed E-state index contributed by atoms with van der Waals surface area (Å²) in [4.78, 5) is 35.7. The van der Waals surface area contributed by atoms with Crippen molar-refractivity contribution in [3.63, 3.8) is 0 Å². The SMILES string of the molecule is CC/C=C\C/C=C\C/C=C\C/C=C\CCCCCCC(=O)OC(COC(=O)CCCCCCCCCCCCCCCCCCCCCCCCCCC/C=C\CCCCCCCCCC)COP(=O)(O)OCC[N+](C)(C)C. The van der Waals surface area contributed by atoms with Crippen molar-refractivity contribution in [1.82, 2.24) is 0 Å². The second-order valence-corrected chi connectivity index (χ2v) is 24.9. The molecular weight excluding hydrogens is 990 g/mol. The van der Waals surface area contributed by atoms with Crippen LogP contribution < -0.4 is 0 Å². The molecule has 0 aromatic rings. The highest BCUT2D eigenvalue weighted by molar-refractivity contribution is 7.47. The summed E-state index contributed by atoms with van der Waals surface area (Å²) < 4.78 is 34.6. The Morgan fingerprint density at radius 2 is 0.731 bits per heavy atom. The van der Waals surface area contributed by atoms with Gasteiger partial charge in [0.15, 0.2) is 6.10 Å². The molecule has 0 bridgehead atoms. The molecule has 78 heavy (non-hydrogen) atoms. The number of hydrogen-bond donors (Lipinski definition) is 1. The molecule has 0 aromatic carbocycles. The van der Waals surface area contributed by atoms with E-state index in [2.05, 4.69) is 74.6 Å². The summed E-state index contributed by atoms with van der Waals surface area (Å²) in [5, 5.41) is 0. The molecule has 2 unspecified atom stereocenters. The second kappa shape index (κ2) is 59.3. The van der Waals surface area contributed by atoms with Gasteiger partial charge in [0.2, 0.25) is 0 Å². The van der Waals surface area contributed by atoms with Crippen LogP contribution in [0.3, 0.4) is 0 Å². The van der Waals surface area contributed by atoms with E-state index in [1.807, 2.05) is 21.1 Å². The van der Waals surface area contributed by atoms with Gasteiger partial charge in [0.05, 0.1) is 27.7 Å². The highest BCUT2D eigenvalue weighted by Crippen LogP contribution is 2.43. The zero-order valence-corrected chi connectivity index (χ0v) is 52.8. The molecule has 0 aliphatic rings. The third kappa shape index (κ3) is 62.9. The maximum Gasteiger partial charge on any atom is 0.472 e. The normalized spacial score (nSPS) is 13.6. The molecule has 10 heteroatoms. The van der Waals surface area contributed by atoms with Crippen LogP contribution in [0.15, 0.2) is 60.8 Å². The van der Waals surface area contributed by atoms with Gasteiger partial charge in [-0.3, -0.25) is 18.6 Å². The molecule has 0 radical (unpaired) electrons. The van der Waals surface area contributed by atoms with Crippen LogP contribution in [-0.2, 0) is 32.7 Å². The molecular formula is C68H127NO8P+. The molecule has 0 aromatic heterocycles. The number of carbonyl (C=O) groups is 2. The van der Waals surface area contributed by atoms with Crippen molar-refractivity contribution in [1.29, 1.82) is 0 Å². The first-order valence-electron chi connectivity index (χ1n) is 33.0. The number of carbonyl (C=O) groups excluding carboxylic acids is 2. The summed E-state index contributed by atoms with van der Waals surface area (Å²) in [5.74, 6) is -0.816. The zero-order chi connectivity index (χ0) is 57.0. The van der Waals surface area contributed by atoms with Gasteiger partial charge < -0.3 is 18.9 Å². The number of hydrogen-bond acceptors (Lipinski definition) is 7. The molecule has 0 amide bonds. The fourth-order valence-corrected chi connectivity index (χ4v) is 10.2. The predicted octanol–water partition coefficient (Wildman–Crippen LogP) is 21.0. The average molecular weight is 1120 g/mol. The number of phosphoric ester groups is 1. The van der Waals surface area contributed by atoms with Crippen LogP contribution >= 0.6 is 7.82 Å². The Morgan fingerprint density at radius 1 is 0.410 bits per heavy atom. The first kappa shape index (κ1) is 75.7. The quantitative estimate of drug-likeness (QED) is 0.0211. The van der Waals surface area contributed by atoms with Crippen molar-refractivity contribution in [2.45, 2.75) is 315 Å². The molecule has 0 rings (SSSR count). The van der Waals surface area contributed by atoms with Gasteiger partial charge in [0.1, 0.15) is 19.8 Å². The molecule has 0 saturated carbocycles. The number of likely N-dealkylation sites (N-methyl/N-ethyl adjacent to an activating group) is 1. The summed E-state index contributed by atoms with van der Waals surface area (Å²) in [6.07, 6.45) is 77.7. The summed E-state index contributed by atoms with van der Waals surface area (Å²) >= 11 is 0. The lowest BCUT2D eigenvalue weighted by Gasteiger charge is -2.24. The van der Waals surface area contributed by atoms with E-state index in [0.717, 1.165) is 70.6 Å². The number of nitrogens with zero attached hydrogens (tertiary/aromatic N) is 1. The van der Waals surface area contributed by atoms with Gasteiger partial charge in [0, 0.05) is 12.8 Å². The number of rotatable bonds is 61. The van der Waals surface area contributed by atoms with Crippen molar-refractivity contribution < 1.29 is 42.1 Å². The molecule has 456 valence electrons. The van der Waals surface area contributed by atoms with E-state index in [9.17, 15) is 19.0 Å². The van der Waals surface area contributed by atoms with Crippen LogP contribution in [0.5, 0.6) is 0 Å². The van der Waals surface area contributed by atoms with Gasteiger partial charge in [0.25, 0.3) is 0 Å². The minimum atomic E-state index is -4.39. The van der Waals surface area contributed by atoms with E-state index in [4.69, 9.17) is 18.5 Å². The predicted molar refractivity (Wildman–Crippen MR) is 335 cm³/mol. The van der Waals surface area contributed by atoms with Crippen LogP contribution in [-0.4, -0.2) is 74.9 Å². The number of allylic oxidation sites excluding steroid dienone is 10. The van der Waals surface area contributed by atoms with E-state index in [1.54, 1.807) is 0 Å². The van der Waals surface area contributed by atoms with Crippen LogP contribution in [0.1, 0.15) is 309 Å². The Bertz CT molecular complexity index is 1500. The Hall–Kier alpha value is -2.29. The smallest absolute Gasteiger partial charge is 0.462 e. The largest absolute Gasteiger partial charge is 0.472 e. The van der Waals surface area contributed by atoms with Crippen molar-refractivity contribution in [2.75, 3.05) is 47.5 Å². The van der Waals surface area contributed by atoms with Gasteiger partial charge in [-0.2, -0.15) is 0 Å². The van der Waals surface area contributed by atoms with Crippen LogP contribution in [0.2, 0.25) is 0 Å². The van der Waals surface area contributed by atoms with E-state index in [0.29, 0.717) is 17.4 Å². The topological polar surface area (TPSA) is 108 Å². The monoisotopic (exact) mass is 1120 g/mol.